The number of benzene rings is 13. The van der Waals surface area contributed by atoms with E-state index in [1.54, 1.807) is 0 Å². The third kappa shape index (κ3) is 7.42. The van der Waals surface area contributed by atoms with Crippen molar-refractivity contribution in [1.82, 2.24) is 4.57 Å². The zero-order chi connectivity index (χ0) is 53.8. The number of hydrogen-bond donors (Lipinski definition) is 0. The van der Waals surface area contributed by atoms with E-state index in [0.717, 1.165) is 5.69 Å². The number of rotatable bonds is 8. The third-order valence-corrected chi connectivity index (χ3v) is 18.5. The van der Waals surface area contributed by atoms with Gasteiger partial charge in [-0.2, -0.15) is 0 Å². The Morgan fingerprint density at radius 2 is 0.732 bits per heavy atom. The minimum Gasteiger partial charge on any atom is -0.311 e. The van der Waals surface area contributed by atoms with Gasteiger partial charge in [0, 0.05) is 59.1 Å². The first-order valence-corrected chi connectivity index (χ1v) is 29.1. The SMILES string of the molecule is c1ccc(-c2cccc(-c3ccc4c(c3)c3cc(-c5cccc(-c6ccccc6)c5)cc5c3n4-c3cc(-c4ccccc4)cc4c3B5c3cc5sc6ccccc6c5cc3N4c3cc(-c4ccccc4)ccc3-c3ccccc3)c2)cc1. The molecule has 0 N–H and O–H groups in total. The molecular formula is C78H49BN2S. The quantitative estimate of drug-likeness (QED) is 0.138. The largest absolute Gasteiger partial charge is 0.311 e. The van der Waals surface area contributed by atoms with Crippen molar-refractivity contribution in [2.45, 2.75) is 0 Å². The summed E-state index contributed by atoms with van der Waals surface area (Å²) in [6.07, 6.45) is 0. The second kappa shape index (κ2) is 18.7. The Bertz CT molecular complexity index is 5030. The molecule has 15 aromatic rings. The highest BCUT2D eigenvalue weighted by molar-refractivity contribution is 7.26. The van der Waals surface area contributed by atoms with Gasteiger partial charge in [-0.05, 0) is 155 Å². The van der Waals surface area contributed by atoms with Gasteiger partial charge in [-0.1, -0.05) is 231 Å². The lowest BCUT2D eigenvalue weighted by atomic mass is 9.33. The molecule has 0 spiro atoms. The first-order valence-electron chi connectivity index (χ1n) is 28.3. The lowest BCUT2D eigenvalue weighted by Crippen LogP contribution is -2.60. The molecule has 0 fully saturated rings. The molecule has 0 saturated heterocycles. The van der Waals surface area contributed by atoms with Crippen LogP contribution in [-0.2, 0) is 0 Å². The summed E-state index contributed by atoms with van der Waals surface area (Å²) in [7, 11) is 0. The molecule has 0 bridgehead atoms. The molecule has 2 aliphatic heterocycles. The third-order valence-electron chi connectivity index (χ3n) is 17.3. The van der Waals surface area contributed by atoms with Crippen LogP contribution in [0.4, 0.5) is 17.1 Å². The molecule has 0 radical (unpaired) electrons. The van der Waals surface area contributed by atoms with Crippen LogP contribution in [0.25, 0.3) is 126 Å². The minimum atomic E-state index is -0.119. The molecule has 2 aliphatic rings. The zero-order valence-electron chi connectivity index (χ0n) is 44.7. The Morgan fingerprint density at radius 3 is 1.38 bits per heavy atom. The van der Waals surface area contributed by atoms with Crippen LogP contribution in [0.2, 0.25) is 0 Å². The molecule has 380 valence electrons. The first-order chi connectivity index (χ1) is 40.6. The van der Waals surface area contributed by atoms with Gasteiger partial charge in [0.25, 0.3) is 6.71 Å². The summed E-state index contributed by atoms with van der Waals surface area (Å²) in [4.78, 5) is 2.65. The van der Waals surface area contributed by atoms with Gasteiger partial charge in [-0.3, -0.25) is 0 Å². The Kier molecular flexibility index (Phi) is 10.6. The van der Waals surface area contributed by atoms with Gasteiger partial charge in [0.2, 0.25) is 0 Å². The van der Waals surface area contributed by atoms with Crippen molar-refractivity contribution in [3.8, 4) is 83.6 Å². The van der Waals surface area contributed by atoms with Crippen LogP contribution in [0.5, 0.6) is 0 Å². The molecule has 13 aromatic carbocycles. The molecular weight excluding hydrogens is 1010 g/mol. The van der Waals surface area contributed by atoms with E-state index >= 15 is 0 Å². The standard InChI is InChI=1S/C78H49BN2S/c1-6-20-50(21-7-1)55-30-18-32-57(40-55)59-37-39-70-65(42-59)67-43-61(58-33-19-31-56(41-58)51-22-8-2-9-23-51)44-69-78(67)81(70)74-47-62(53-26-12-4-13-27-53)46-73-77(74)79(69)68-49-76-66(64-34-16-17-35-75(64)82-76)48-72(68)80(73)71-45-60(52-24-10-3-11-25-52)36-38-63(71)54-28-14-5-15-29-54/h1-49H. The van der Waals surface area contributed by atoms with Crippen LogP contribution in [-0.4, -0.2) is 11.3 Å². The van der Waals surface area contributed by atoms with E-state index in [9.17, 15) is 0 Å². The smallest absolute Gasteiger partial charge is 0.252 e. The van der Waals surface area contributed by atoms with Crippen LogP contribution in [0.1, 0.15) is 0 Å². The van der Waals surface area contributed by atoms with Gasteiger partial charge in [0.05, 0.1) is 11.2 Å². The van der Waals surface area contributed by atoms with E-state index in [1.165, 1.54) is 153 Å². The molecule has 0 aliphatic carbocycles. The molecule has 4 heteroatoms. The predicted octanol–water partition coefficient (Wildman–Crippen LogP) is 19.4. The maximum Gasteiger partial charge on any atom is 0.252 e. The summed E-state index contributed by atoms with van der Waals surface area (Å²) in [6, 6.07) is 111. The highest BCUT2D eigenvalue weighted by Gasteiger charge is 2.44. The second-order valence-corrected chi connectivity index (χ2v) is 23.0. The maximum atomic E-state index is 2.65. The zero-order valence-corrected chi connectivity index (χ0v) is 45.5. The second-order valence-electron chi connectivity index (χ2n) is 22.0. The molecule has 2 aromatic heterocycles. The van der Waals surface area contributed by atoms with Crippen molar-refractivity contribution >= 4 is 93.5 Å². The normalized spacial score (nSPS) is 12.3. The number of aromatic nitrogens is 1. The summed E-state index contributed by atoms with van der Waals surface area (Å²) in [5.41, 5.74) is 27.8. The number of fused-ring (bicyclic) bond motifs is 10. The van der Waals surface area contributed by atoms with Gasteiger partial charge >= 0.3 is 0 Å². The Balaban J connectivity index is 1.01. The average molecular weight is 1060 g/mol. The molecule has 2 nitrogen and oxygen atoms in total. The molecule has 17 rings (SSSR count). The van der Waals surface area contributed by atoms with Crippen LogP contribution in [0, 0.1) is 0 Å². The summed E-state index contributed by atoms with van der Waals surface area (Å²) < 4.78 is 5.22. The number of thiophene rings is 1. The van der Waals surface area contributed by atoms with Gasteiger partial charge in [0.1, 0.15) is 0 Å². The van der Waals surface area contributed by atoms with Crippen LogP contribution >= 0.6 is 11.3 Å². The number of anilines is 3. The summed E-state index contributed by atoms with van der Waals surface area (Å²) in [6.45, 7) is -0.119. The summed E-state index contributed by atoms with van der Waals surface area (Å²) in [5, 5.41) is 5.04. The van der Waals surface area contributed by atoms with E-state index in [0.29, 0.717) is 0 Å². The van der Waals surface area contributed by atoms with Gasteiger partial charge in [0.15, 0.2) is 0 Å². The average Bonchev–Trinajstić information content (AvgIpc) is 1.56. The fourth-order valence-electron chi connectivity index (χ4n) is 13.6. The van der Waals surface area contributed by atoms with Crippen molar-refractivity contribution in [3.63, 3.8) is 0 Å². The molecule has 0 atom stereocenters. The van der Waals surface area contributed by atoms with Crippen LogP contribution < -0.4 is 21.3 Å². The van der Waals surface area contributed by atoms with Crippen molar-refractivity contribution in [2.75, 3.05) is 4.90 Å². The van der Waals surface area contributed by atoms with E-state index in [-0.39, 0.29) is 6.71 Å². The molecule has 0 amide bonds. The molecule has 82 heavy (non-hydrogen) atoms. The Hall–Kier alpha value is -10.3. The monoisotopic (exact) mass is 1060 g/mol. The first kappa shape index (κ1) is 46.6. The van der Waals surface area contributed by atoms with Crippen molar-refractivity contribution in [1.29, 1.82) is 0 Å². The van der Waals surface area contributed by atoms with E-state index < -0.39 is 0 Å². The van der Waals surface area contributed by atoms with Gasteiger partial charge < -0.3 is 9.47 Å². The highest BCUT2D eigenvalue weighted by atomic mass is 32.1. The number of hydrogen-bond acceptors (Lipinski definition) is 2. The summed E-state index contributed by atoms with van der Waals surface area (Å²) >= 11 is 1.90. The maximum absolute atomic E-state index is 2.65. The van der Waals surface area contributed by atoms with Crippen molar-refractivity contribution < 1.29 is 0 Å². The van der Waals surface area contributed by atoms with E-state index in [4.69, 9.17) is 0 Å². The van der Waals surface area contributed by atoms with Gasteiger partial charge in [-0.25, -0.2) is 0 Å². The molecule has 0 saturated carbocycles. The van der Waals surface area contributed by atoms with Crippen molar-refractivity contribution in [2.24, 2.45) is 0 Å². The lowest BCUT2D eigenvalue weighted by Gasteiger charge is -2.41. The van der Waals surface area contributed by atoms with Gasteiger partial charge in [-0.15, -0.1) is 11.3 Å². The molecule has 0 unspecified atom stereocenters. The topological polar surface area (TPSA) is 8.17 Å². The minimum absolute atomic E-state index is 0.119. The molecule has 4 heterocycles. The highest BCUT2D eigenvalue weighted by Crippen LogP contribution is 2.50. The van der Waals surface area contributed by atoms with Crippen LogP contribution in [0.15, 0.2) is 297 Å². The predicted molar refractivity (Wildman–Crippen MR) is 351 cm³/mol. The fourth-order valence-corrected chi connectivity index (χ4v) is 14.7. The van der Waals surface area contributed by atoms with E-state index in [1.807, 2.05) is 11.3 Å². The number of nitrogens with zero attached hydrogens (tertiary/aromatic N) is 2. The van der Waals surface area contributed by atoms with Crippen molar-refractivity contribution in [3.05, 3.63) is 297 Å². The Morgan fingerprint density at radius 1 is 0.256 bits per heavy atom. The van der Waals surface area contributed by atoms with E-state index in [2.05, 4.69) is 307 Å². The summed E-state index contributed by atoms with van der Waals surface area (Å²) in [5.74, 6) is 0. The Labute approximate surface area is 480 Å². The lowest BCUT2D eigenvalue weighted by molar-refractivity contribution is 1.18. The fraction of sp³-hybridized carbons (Fsp3) is 0. The van der Waals surface area contributed by atoms with Crippen LogP contribution in [0.3, 0.4) is 0 Å².